The fraction of sp³-hybridized carbons (Fsp3) is 0.350. The van der Waals surface area contributed by atoms with E-state index >= 15 is 0 Å². The van der Waals surface area contributed by atoms with Gasteiger partial charge in [-0.05, 0) is 48.1 Å². The summed E-state index contributed by atoms with van der Waals surface area (Å²) in [5.41, 5.74) is 6.08. The molecular formula is C20H21N. The molecule has 1 aromatic rings. The minimum atomic E-state index is 0.0376. The van der Waals surface area contributed by atoms with Crippen molar-refractivity contribution in [2.45, 2.75) is 44.4 Å². The van der Waals surface area contributed by atoms with Gasteiger partial charge < -0.3 is 0 Å². The van der Waals surface area contributed by atoms with Crippen molar-refractivity contribution in [1.29, 1.82) is 5.26 Å². The van der Waals surface area contributed by atoms with Crippen LogP contribution >= 0.6 is 0 Å². The van der Waals surface area contributed by atoms with Crippen molar-refractivity contribution < 1.29 is 0 Å². The van der Waals surface area contributed by atoms with Crippen molar-refractivity contribution in [2.75, 3.05) is 0 Å². The molecule has 1 spiro atoms. The van der Waals surface area contributed by atoms with Gasteiger partial charge in [0.15, 0.2) is 0 Å². The lowest BCUT2D eigenvalue weighted by molar-refractivity contribution is 0.352. The Balaban J connectivity index is 2.35. The van der Waals surface area contributed by atoms with E-state index in [0.717, 1.165) is 18.4 Å². The summed E-state index contributed by atoms with van der Waals surface area (Å²) >= 11 is 0. The second-order valence-corrected chi connectivity index (χ2v) is 6.00. The number of hydrogen-bond donors (Lipinski definition) is 0. The highest BCUT2D eigenvalue weighted by atomic mass is 14.5. The Labute approximate surface area is 127 Å². The summed E-state index contributed by atoms with van der Waals surface area (Å²) in [6, 6.07) is 8.58. The van der Waals surface area contributed by atoms with Gasteiger partial charge >= 0.3 is 0 Å². The maximum Gasteiger partial charge on any atom is 0.0995 e. The molecule has 0 aromatic heterocycles. The predicted molar refractivity (Wildman–Crippen MR) is 87.9 cm³/mol. The molecule has 0 atom stereocenters. The summed E-state index contributed by atoms with van der Waals surface area (Å²) < 4.78 is 0. The highest BCUT2D eigenvalue weighted by molar-refractivity contribution is 5.91. The summed E-state index contributed by atoms with van der Waals surface area (Å²) in [6.45, 7) is 6.00. The molecule has 0 unspecified atom stereocenters. The van der Waals surface area contributed by atoms with Crippen LogP contribution in [0.5, 0.6) is 0 Å². The van der Waals surface area contributed by atoms with Crippen LogP contribution in [-0.2, 0) is 5.41 Å². The molecule has 21 heavy (non-hydrogen) atoms. The zero-order valence-corrected chi connectivity index (χ0v) is 12.7. The fourth-order valence-electron chi connectivity index (χ4n) is 4.28. The third-order valence-electron chi connectivity index (χ3n) is 5.04. The van der Waals surface area contributed by atoms with Gasteiger partial charge in [0.1, 0.15) is 0 Å². The number of nitriles is 1. The van der Waals surface area contributed by atoms with Gasteiger partial charge in [-0.3, -0.25) is 0 Å². The maximum atomic E-state index is 9.58. The molecule has 0 heterocycles. The van der Waals surface area contributed by atoms with Crippen LogP contribution in [0.25, 0.3) is 5.57 Å². The number of fused-ring (bicyclic) bond motifs is 2. The Morgan fingerprint density at radius 1 is 1.24 bits per heavy atom. The smallest absolute Gasteiger partial charge is 0.0995 e. The molecule has 1 fully saturated rings. The first-order valence-corrected chi connectivity index (χ1v) is 7.82. The number of rotatable bonds is 1. The summed E-state index contributed by atoms with van der Waals surface area (Å²) in [5.74, 6) is 0. The minimum Gasteiger partial charge on any atom is -0.192 e. The number of nitrogens with zero attached hydrogens (tertiary/aromatic N) is 1. The van der Waals surface area contributed by atoms with Crippen LogP contribution in [0, 0.1) is 11.3 Å². The average molecular weight is 275 g/mol. The molecule has 1 aromatic carbocycles. The van der Waals surface area contributed by atoms with Crippen molar-refractivity contribution in [3.8, 4) is 6.07 Å². The monoisotopic (exact) mass is 275 g/mol. The van der Waals surface area contributed by atoms with Crippen LogP contribution in [0.1, 0.15) is 55.7 Å². The van der Waals surface area contributed by atoms with E-state index in [9.17, 15) is 5.26 Å². The molecule has 1 nitrogen and oxygen atoms in total. The molecule has 0 N–H and O–H groups in total. The molecule has 0 aliphatic heterocycles. The topological polar surface area (TPSA) is 23.8 Å². The van der Waals surface area contributed by atoms with E-state index in [-0.39, 0.29) is 5.41 Å². The predicted octanol–water partition coefficient (Wildman–Crippen LogP) is 5.29. The minimum absolute atomic E-state index is 0.0376. The van der Waals surface area contributed by atoms with E-state index < -0.39 is 0 Å². The highest BCUT2D eigenvalue weighted by Crippen LogP contribution is 2.57. The zero-order chi connectivity index (χ0) is 14.9. The lowest BCUT2D eigenvalue weighted by Crippen LogP contribution is -2.29. The van der Waals surface area contributed by atoms with Crippen LogP contribution in [0.15, 0.2) is 48.6 Å². The first kappa shape index (κ1) is 13.9. The normalized spacial score (nSPS) is 23.2. The quantitative estimate of drug-likeness (QED) is 0.683. The van der Waals surface area contributed by atoms with E-state index in [1.807, 2.05) is 18.2 Å². The Morgan fingerprint density at radius 3 is 2.62 bits per heavy atom. The van der Waals surface area contributed by atoms with E-state index in [0.29, 0.717) is 0 Å². The van der Waals surface area contributed by atoms with Crippen molar-refractivity contribution in [3.05, 3.63) is 65.3 Å². The lowest BCUT2D eigenvalue weighted by Gasteiger charge is -2.36. The van der Waals surface area contributed by atoms with Gasteiger partial charge in [0.25, 0.3) is 0 Å². The molecule has 0 amide bonds. The third-order valence-corrected chi connectivity index (χ3v) is 5.04. The largest absolute Gasteiger partial charge is 0.192 e. The molecule has 1 heteroatoms. The Bertz CT molecular complexity index is 676. The molecule has 0 saturated heterocycles. The summed E-state index contributed by atoms with van der Waals surface area (Å²) in [5, 5.41) is 9.58. The summed E-state index contributed by atoms with van der Waals surface area (Å²) in [6.07, 6.45) is 12.3. The van der Waals surface area contributed by atoms with Crippen LogP contribution in [-0.4, -0.2) is 0 Å². The molecule has 3 rings (SSSR count). The van der Waals surface area contributed by atoms with Gasteiger partial charge in [0.05, 0.1) is 11.6 Å². The molecular weight excluding hydrogens is 254 g/mol. The van der Waals surface area contributed by atoms with Gasteiger partial charge in [0, 0.05) is 5.41 Å². The van der Waals surface area contributed by atoms with Gasteiger partial charge in [-0.1, -0.05) is 56.2 Å². The summed E-state index contributed by atoms with van der Waals surface area (Å²) in [4.78, 5) is 0. The van der Waals surface area contributed by atoms with Gasteiger partial charge in [0.2, 0.25) is 0 Å². The van der Waals surface area contributed by atoms with Crippen LogP contribution in [0.4, 0.5) is 0 Å². The standard InChI is InChI=1S/C20H21N/c1-3-9-18-16(4-2)17-11-8-10-15(14-21)19(17)20(18)12-6-5-7-13-20/h3-4,8-11H,1,5-7,12-13H2,2H3/b16-4-,18-9+. The summed E-state index contributed by atoms with van der Waals surface area (Å²) in [7, 11) is 0. The van der Waals surface area contributed by atoms with E-state index in [2.05, 4.69) is 37.8 Å². The second-order valence-electron chi connectivity index (χ2n) is 6.00. The third kappa shape index (κ3) is 1.90. The molecule has 0 radical (unpaired) electrons. The molecule has 1 saturated carbocycles. The van der Waals surface area contributed by atoms with Crippen molar-refractivity contribution in [2.24, 2.45) is 0 Å². The maximum absolute atomic E-state index is 9.58. The SMILES string of the molecule is C=C/C=C1\C(=C/C)c2cccc(C#N)c2C12CCCCC2. The highest BCUT2D eigenvalue weighted by Gasteiger charge is 2.46. The number of benzene rings is 1. The van der Waals surface area contributed by atoms with Crippen LogP contribution in [0.3, 0.4) is 0 Å². The Kier molecular flexibility index (Phi) is 3.55. The number of hydrogen-bond acceptors (Lipinski definition) is 1. The van der Waals surface area contributed by atoms with Crippen LogP contribution in [0.2, 0.25) is 0 Å². The number of allylic oxidation sites excluding steroid dienone is 5. The van der Waals surface area contributed by atoms with Crippen molar-refractivity contribution in [3.63, 3.8) is 0 Å². The first-order valence-electron chi connectivity index (χ1n) is 7.82. The van der Waals surface area contributed by atoms with Crippen molar-refractivity contribution in [1.82, 2.24) is 0 Å². The van der Waals surface area contributed by atoms with Gasteiger partial charge in [-0.2, -0.15) is 5.26 Å². The van der Waals surface area contributed by atoms with E-state index in [4.69, 9.17) is 0 Å². The Hall–Kier alpha value is -2.07. The van der Waals surface area contributed by atoms with E-state index in [1.54, 1.807) is 0 Å². The second kappa shape index (κ2) is 5.37. The molecule has 2 aliphatic rings. The van der Waals surface area contributed by atoms with E-state index in [1.165, 1.54) is 41.5 Å². The zero-order valence-electron chi connectivity index (χ0n) is 12.7. The lowest BCUT2D eigenvalue weighted by atomic mass is 9.66. The Morgan fingerprint density at radius 2 is 2.00 bits per heavy atom. The average Bonchev–Trinajstić information content (AvgIpc) is 2.78. The molecule has 106 valence electrons. The first-order chi connectivity index (χ1) is 10.3. The molecule has 2 aliphatic carbocycles. The fourth-order valence-corrected chi connectivity index (χ4v) is 4.28. The van der Waals surface area contributed by atoms with Crippen molar-refractivity contribution >= 4 is 5.57 Å². The van der Waals surface area contributed by atoms with Gasteiger partial charge in [-0.15, -0.1) is 0 Å². The molecule has 0 bridgehead atoms. The van der Waals surface area contributed by atoms with Gasteiger partial charge in [-0.25, -0.2) is 0 Å². The van der Waals surface area contributed by atoms with Crippen LogP contribution < -0.4 is 0 Å².